The molecule has 2 nitrogen and oxygen atoms in total. The lowest BCUT2D eigenvalue weighted by molar-refractivity contribution is 0.255. The van der Waals surface area contributed by atoms with Crippen LogP contribution in [0.2, 0.25) is 0 Å². The molecule has 0 radical (unpaired) electrons. The van der Waals surface area contributed by atoms with E-state index in [-0.39, 0.29) is 0 Å². The van der Waals surface area contributed by atoms with Gasteiger partial charge < -0.3 is 11.1 Å². The summed E-state index contributed by atoms with van der Waals surface area (Å²) in [6.45, 7) is 1.92. The third kappa shape index (κ3) is 2.99. The largest absolute Gasteiger partial charge is 0.385 e. The number of hydrogen-bond acceptors (Lipinski definition) is 2. The van der Waals surface area contributed by atoms with Crippen molar-refractivity contribution in [1.82, 2.24) is 0 Å². The Morgan fingerprint density at radius 1 is 1.06 bits per heavy atom. The predicted octanol–water partition coefficient (Wildman–Crippen LogP) is 2.86. The van der Waals surface area contributed by atoms with Crippen molar-refractivity contribution in [3.05, 3.63) is 30.3 Å². The summed E-state index contributed by atoms with van der Waals surface area (Å²) in [4.78, 5) is 0. The molecule has 2 heteroatoms. The molecule has 16 heavy (non-hydrogen) atoms. The molecule has 1 aliphatic carbocycles. The summed E-state index contributed by atoms with van der Waals surface area (Å²) >= 11 is 0. The van der Waals surface area contributed by atoms with E-state index in [4.69, 9.17) is 5.73 Å². The first-order valence-corrected chi connectivity index (χ1v) is 6.39. The number of para-hydroxylation sites is 1. The molecule has 88 valence electrons. The number of rotatable bonds is 4. The van der Waals surface area contributed by atoms with Crippen molar-refractivity contribution >= 4 is 5.69 Å². The Morgan fingerprint density at radius 3 is 2.44 bits per heavy atom. The Labute approximate surface area is 98.2 Å². The number of anilines is 1. The highest BCUT2D eigenvalue weighted by Gasteiger charge is 2.23. The summed E-state index contributed by atoms with van der Waals surface area (Å²) in [5.74, 6) is 1.49. The zero-order valence-corrected chi connectivity index (χ0v) is 9.86. The highest BCUT2D eigenvalue weighted by molar-refractivity contribution is 5.42. The number of benzene rings is 1. The third-order valence-electron chi connectivity index (χ3n) is 3.71. The number of nitrogens with two attached hydrogens (primary N) is 1. The van der Waals surface area contributed by atoms with Gasteiger partial charge in [0.05, 0.1) is 0 Å². The Morgan fingerprint density at radius 2 is 1.75 bits per heavy atom. The van der Waals surface area contributed by atoms with Crippen LogP contribution in [-0.4, -0.2) is 13.1 Å². The molecule has 3 N–H and O–H groups in total. The van der Waals surface area contributed by atoms with E-state index in [0.29, 0.717) is 0 Å². The highest BCUT2D eigenvalue weighted by atomic mass is 14.9. The Balaban J connectivity index is 1.84. The van der Waals surface area contributed by atoms with E-state index < -0.39 is 0 Å². The van der Waals surface area contributed by atoms with Crippen LogP contribution in [-0.2, 0) is 0 Å². The molecule has 2 atom stereocenters. The van der Waals surface area contributed by atoms with E-state index in [1.807, 2.05) is 0 Å². The van der Waals surface area contributed by atoms with Gasteiger partial charge in [0, 0.05) is 12.2 Å². The average molecular weight is 218 g/mol. The first kappa shape index (κ1) is 11.5. The maximum Gasteiger partial charge on any atom is 0.0340 e. The normalized spacial score (nSPS) is 25.3. The summed E-state index contributed by atoms with van der Waals surface area (Å²) < 4.78 is 0. The van der Waals surface area contributed by atoms with Gasteiger partial charge in [-0.3, -0.25) is 0 Å². The minimum absolute atomic E-state index is 0.727. The van der Waals surface area contributed by atoms with Crippen molar-refractivity contribution in [3.8, 4) is 0 Å². The standard InChI is InChI=1S/C14H22N2/c15-10-12-6-4-5-7-13(12)11-16-14-8-2-1-3-9-14/h1-3,8-9,12-13,16H,4-7,10-11,15H2. The monoisotopic (exact) mass is 218 g/mol. The SMILES string of the molecule is NCC1CCCCC1CNc1ccccc1. The number of hydrogen-bond donors (Lipinski definition) is 2. The van der Waals surface area contributed by atoms with Gasteiger partial charge in [-0.15, -0.1) is 0 Å². The second-order valence-corrected chi connectivity index (χ2v) is 4.79. The molecule has 2 unspecified atom stereocenters. The van der Waals surface area contributed by atoms with Crippen molar-refractivity contribution in [2.75, 3.05) is 18.4 Å². The van der Waals surface area contributed by atoms with E-state index in [9.17, 15) is 0 Å². The van der Waals surface area contributed by atoms with Gasteiger partial charge in [-0.05, 0) is 43.4 Å². The molecule has 2 rings (SSSR count). The molecular formula is C14H22N2. The fraction of sp³-hybridized carbons (Fsp3) is 0.571. The van der Waals surface area contributed by atoms with Gasteiger partial charge in [-0.1, -0.05) is 31.0 Å². The van der Waals surface area contributed by atoms with Crippen LogP contribution in [0.15, 0.2) is 30.3 Å². The molecule has 0 aliphatic heterocycles. The molecule has 1 fully saturated rings. The van der Waals surface area contributed by atoms with Crippen LogP contribution in [0.25, 0.3) is 0 Å². The van der Waals surface area contributed by atoms with Gasteiger partial charge in [-0.25, -0.2) is 0 Å². The summed E-state index contributed by atoms with van der Waals surface area (Å²) in [6, 6.07) is 10.4. The fourth-order valence-electron chi connectivity index (χ4n) is 2.67. The predicted molar refractivity (Wildman–Crippen MR) is 69.4 cm³/mol. The van der Waals surface area contributed by atoms with Crippen LogP contribution in [0.4, 0.5) is 5.69 Å². The minimum atomic E-state index is 0.727. The zero-order valence-electron chi connectivity index (χ0n) is 9.86. The van der Waals surface area contributed by atoms with E-state index >= 15 is 0 Å². The van der Waals surface area contributed by atoms with Crippen molar-refractivity contribution < 1.29 is 0 Å². The van der Waals surface area contributed by atoms with Crippen molar-refractivity contribution in [2.45, 2.75) is 25.7 Å². The van der Waals surface area contributed by atoms with E-state index in [2.05, 4.69) is 35.6 Å². The lowest BCUT2D eigenvalue weighted by atomic mass is 9.79. The van der Waals surface area contributed by atoms with Gasteiger partial charge in [-0.2, -0.15) is 0 Å². The summed E-state index contributed by atoms with van der Waals surface area (Å²) in [6.07, 6.45) is 5.39. The van der Waals surface area contributed by atoms with Crippen molar-refractivity contribution in [3.63, 3.8) is 0 Å². The second-order valence-electron chi connectivity index (χ2n) is 4.79. The summed E-state index contributed by atoms with van der Waals surface area (Å²) in [5.41, 5.74) is 7.06. The Kier molecular flexibility index (Phi) is 4.23. The van der Waals surface area contributed by atoms with Gasteiger partial charge in [0.15, 0.2) is 0 Å². The van der Waals surface area contributed by atoms with E-state index in [1.54, 1.807) is 0 Å². The van der Waals surface area contributed by atoms with Gasteiger partial charge in [0.2, 0.25) is 0 Å². The van der Waals surface area contributed by atoms with Crippen LogP contribution in [0, 0.1) is 11.8 Å². The molecule has 1 saturated carbocycles. The highest BCUT2D eigenvalue weighted by Crippen LogP contribution is 2.29. The average Bonchev–Trinajstić information content (AvgIpc) is 2.38. The molecule has 0 spiro atoms. The molecule has 0 saturated heterocycles. The topological polar surface area (TPSA) is 38.0 Å². The number of nitrogens with one attached hydrogen (secondary N) is 1. The fourth-order valence-corrected chi connectivity index (χ4v) is 2.67. The first-order chi connectivity index (χ1) is 7.90. The third-order valence-corrected chi connectivity index (χ3v) is 3.71. The molecule has 1 aromatic carbocycles. The van der Waals surface area contributed by atoms with Crippen LogP contribution in [0.5, 0.6) is 0 Å². The molecule has 0 bridgehead atoms. The lowest BCUT2D eigenvalue weighted by Gasteiger charge is -2.31. The van der Waals surface area contributed by atoms with E-state index in [1.165, 1.54) is 31.4 Å². The maximum absolute atomic E-state index is 5.83. The smallest absolute Gasteiger partial charge is 0.0340 e. The molecule has 0 aromatic heterocycles. The molecular weight excluding hydrogens is 196 g/mol. The Hall–Kier alpha value is -1.02. The molecule has 0 heterocycles. The Bertz CT molecular complexity index is 297. The maximum atomic E-state index is 5.83. The second kappa shape index (κ2) is 5.90. The molecule has 1 aromatic rings. The van der Waals surface area contributed by atoms with Crippen LogP contribution >= 0.6 is 0 Å². The van der Waals surface area contributed by atoms with Gasteiger partial charge in [0.25, 0.3) is 0 Å². The zero-order chi connectivity index (χ0) is 11.2. The summed E-state index contributed by atoms with van der Waals surface area (Å²) in [7, 11) is 0. The lowest BCUT2D eigenvalue weighted by Crippen LogP contribution is -2.31. The van der Waals surface area contributed by atoms with Crippen molar-refractivity contribution in [1.29, 1.82) is 0 Å². The molecule has 1 aliphatic rings. The van der Waals surface area contributed by atoms with Crippen LogP contribution in [0.1, 0.15) is 25.7 Å². The van der Waals surface area contributed by atoms with Crippen molar-refractivity contribution in [2.24, 2.45) is 17.6 Å². The van der Waals surface area contributed by atoms with Gasteiger partial charge in [0.1, 0.15) is 0 Å². The minimum Gasteiger partial charge on any atom is -0.385 e. The van der Waals surface area contributed by atoms with Crippen LogP contribution < -0.4 is 11.1 Å². The van der Waals surface area contributed by atoms with E-state index in [0.717, 1.165) is 24.9 Å². The summed E-state index contributed by atoms with van der Waals surface area (Å²) in [5, 5.41) is 3.52. The quantitative estimate of drug-likeness (QED) is 0.815. The first-order valence-electron chi connectivity index (χ1n) is 6.39. The van der Waals surface area contributed by atoms with Crippen LogP contribution in [0.3, 0.4) is 0 Å². The molecule has 0 amide bonds. The van der Waals surface area contributed by atoms with Gasteiger partial charge >= 0.3 is 0 Å².